The second-order valence-electron chi connectivity index (χ2n) is 7.46. The van der Waals surface area contributed by atoms with E-state index in [2.05, 4.69) is 0 Å². The molecule has 1 aromatic carbocycles. The fraction of sp³-hybridized carbons (Fsp3) is 0.600. The zero-order valence-corrected chi connectivity index (χ0v) is 17.0. The molecule has 0 unspecified atom stereocenters. The molecule has 0 N–H and O–H groups in total. The van der Waals surface area contributed by atoms with Gasteiger partial charge in [0.05, 0.1) is 27.4 Å². The molecule has 27 heavy (non-hydrogen) atoms. The predicted octanol–water partition coefficient (Wildman–Crippen LogP) is 3.49. The van der Waals surface area contributed by atoms with E-state index in [4.69, 9.17) is 18.9 Å². The standard InChI is InChI=1S/C20H29NO6/c1-20(2,3)27-19(23)21-10-9-13-11-14(24-4)12-16(25-5)18(13)15(21)7-8-17(22)26-6/h11-12,15H,7-10H2,1-6H3/t15-/m0/s1. The molecule has 0 spiro atoms. The molecule has 0 aromatic heterocycles. The number of methoxy groups -OCH3 is 3. The van der Waals surface area contributed by atoms with Gasteiger partial charge in [0.2, 0.25) is 0 Å². The van der Waals surface area contributed by atoms with Crippen LogP contribution in [-0.4, -0.2) is 50.4 Å². The highest BCUT2D eigenvalue weighted by Crippen LogP contribution is 2.42. The van der Waals surface area contributed by atoms with Crippen molar-refractivity contribution in [1.82, 2.24) is 4.90 Å². The molecule has 0 aliphatic carbocycles. The van der Waals surface area contributed by atoms with E-state index >= 15 is 0 Å². The number of hydrogen-bond donors (Lipinski definition) is 0. The largest absolute Gasteiger partial charge is 0.497 e. The average Bonchev–Trinajstić information content (AvgIpc) is 2.62. The monoisotopic (exact) mass is 379 g/mol. The molecular formula is C20H29NO6. The highest BCUT2D eigenvalue weighted by molar-refractivity contribution is 5.71. The summed E-state index contributed by atoms with van der Waals surface area (Å²) in [5.74, 6) is 1.01. The zero-order chi connectivity index (χ0) is 20.2. The van der Waals surface area contributed by atoms with Gasteiger partial charge in [-0.15, -0.1) is 0 Å². The Kier molecular flexibility index (Phi) is 6.57. The minimum atomic E-state index is -0.603. The van der Waals surface area contributed by atoms with Gasteiger partial charge in [-0.05, 0) is 45.2 Å². The van der Waals surface area contributed by atoms with Gasteiger partial charge in [0.1, 0.15) is 17.1 Å². The first-order chi connectivity index (χ1) is 12.7. The third-order valence-electron chi connectivity index (χ3n) is 4.47. The van der Waals surface area contributed by atoms with Gasteiger partial charge < -0.3 is 23.8 Å². The Morgan fingerprint density at radius 2 is 1.85 bits per heavy atom. The maximum absolute atomic E-state index is 12.8. The second-order valence-corrected chi connectivity index (χ2v) is 7.46. The summed E-state index contributed by atoms with van der Waals surface area (Å²) in [6.45, 7) is 5.98. The molecular weight excluding hydrogens is 350 g/mol. The van der Waals surface area contributed by atoms with Gasteiger partial charge in [-0.3, -0.25) is 4.79 Å². The molecule has 150 valence electrons. The van der Waals surface area contributed by atoms with Crippen LogP contribution in [0, 0.1) is 0 Å². The van der Waals surface area contributed by atoms with Crippen molar-refractivity contribution in [3.05, 3.63) is 23.3 Å². The van der Waals surface area contributed by atoms with E-state index < -0.39 is 11.7 Å². The van der Waals surface area contributed by atoms with Crippen molar-refractivity contribution < 1.29 is 28.5 Å². The van der Waals surface area contributed by atoms with Crippen molar-refractivity contribution in [2.45, 2.75) is 51.7 Å². The molecule has 7 nitrogen and oxygen atoms in total. The van der Waals surface area contributed by atoms with Crippen molar-refractivity contribution in [3.63, 3.8) is 0 Å². The first-order valence-corrected chi connectivity index (χ1v) is 9.01. The Hall–Kier alpha value is -2.44. The van der Waals surface area contributed by atoms with Crippen molar-refractivity contribution in [1.29, 1.82) is 0 Å². The van der Waals surface area contributed by atoms with E-state index in [9.17, 15) is 9.59 Å². The minimum absolute atomic E-state index is 0.190. The number of amides is 1. The maximum Gasteiger partial charge on any atom is 0.410 e. The van der Waals surface area contributed by atoms with Crippen molar-refractivity contribution in [3.8, 4) is 11.5 Å². The van der Waals surface area contributed by atoms with Gasteiger partial charge in [-0.2, -0.15) is 0 Å². The summed E-state index contributed by atoms with van der Waals surface area (Å²) in [5.41, 5.74) is 1.33. The van der Waals surface area contributed by atoms with E-state index in [1.807, 2.05) is 26.8 Å². The van der Waals surface area contributed by atoms with Crippen molar-refractivity contribution in [2.75, 3.05) is 27.9 Å². The molecule has 1 aliphatic heterocycles. The number of rotatable bonds is 5. The van der Waals surface area contributed by atoms with E-state index in [1.54, 1.807) is 25.2 Å². The van der Waals surface area contributed by atoms with Crippen LogP contribution in [0.5, 0.6) is 11.5 Å². The lowest BCUT2D eigenvalue weighted by molar-refractivity contribution is -0.141. The molecule has 1 heterocycles. The fourth-order valence-electron chi connectivity index (χ4n) is 3.28. The topological polar surface area (TPSA) is 74.3 Å². The molecule has 0 fully saturated rings. The molecule has 7 heteroatoms. The molecule has 1 amide bonds. The highest BCUT2D eigenvalue weighted by Gasteiger charge is 2.36. The Morgan fingerprint density at radius 3 is 2.41 bits per heavy atom. The molecule has 0 bridgehead atoms. The zero-order valence-electron chi connectivity index (χ0n) is 17.0. The van der Waals surface area contributed by atoms with Crippen LogP contribution in [0.1, 0.15) is 50.8 Å². The first kappa shape index (κ1) is 20.9. The van der Waals surface area contributed by atoms with E-state index in [1.165, 1.54) is 7.11 Å². The lowest BCUT2D eigenvalue weighted by Crippen LogP contribution is -2.43. The Morgan fingerprint density at radius 1 is 1.15 bits per heavy atom. The minimum Gasteiger partial charge on any atom is -0.497 e. The Bertz CT molecular complexity index is 677. The van der Waals surface area contributed by atoms with Crippen LogP contribution in [0.25, 0.3) is 0 Å². The normalized spacial score (nSPS) is 16.4. The van der Waals surface area contributed by atoms with Gasteiger partial charge in [0.25, 0.3) is 0 Å². The summed E-state index contributed by atoms with van der Waals surface area (Å²) in [6, 6.07) is 3.40. The first-order valence-electron chi connectivity index (χ1n) is 9.01. The quantitative estimate of drug-likeness (QED) is 0.729. The Balaban J connectivity index is 2.43. The molecule has 2 rings (SSSR count). The van der Waals surface area contributed by atoms with E-state index in [-0.39, 0.29) is 18.4 Å². The third kappa shape index (κ3) is 5.05. The van der Waals surface area contributed by atoms with Crippen LogP contribution in [0.2, 0.25) is 0 Å². The van der Waals surface area contributed by atoms with Crippen LogP contribution in [0.3, 0.4) is 0 Å². The molecule has 0 radical (unpaired) electrons. The SMILES string of the molecule is COC(=O)CC[C@H]1c2c(cc(OC)cc2OC)CCN1C(=O)OC(C)(C)C. The van der Waals surface area contributed by atoms with Crippen LogP contribution in [0.15, 0.2) is 12.1 Å². The fourth-order valence-corrected chi connectivity index (χ4v) is 3.28. The molecule has 1 aliphatic rings. The number of benzene rings is 1. The summed E-state index contributed by atoms with van der Waals surface area (Å²) in [6.07, 6.45) is 0.856. The molecule has 0 saturated heterocycles. The van der Waals surface area contributed by atoms with Gasteiger partial charge >= 0.3 is 12.1 Å². The summed E-state index contributed by atoms with van der Waals surface area (Å²) in [5, 5.41) is 0. The van der Waals surface area contributed by atoms with Crippen LogP contribution >= 0.6 is 0 Å². The maximum atomic E-state index is 12.8. The van der Waals surface area contributed by atoms with Gasteiger partial charge in [-0.25, -0.2) is 4.79 Å². The van der Waals surface area contributed by atoms with Crippen LogP contribution in [-0.2, 0) is 20.7 Å². The Labute approximate surface area is 160 Å². The molecule has 0 saturated carbocycles. The predicted molar refractivity (Wildman–Crippen MR) is 100 cm³/mol. The number of hydrogen-bond acceptors (Lipinski definition) is 6. The summed E-state index contributed by atoms with van der Waals surface area (Å²) >= 11 is 0. The summed E-state index contributed by atoms with van der Waals surface area (Å²) < 4.78 is 21.3. The van der Waals surface area contributed by atoms with Gasteiger partial charge in [0, 0.05) is 24.6 Å². The summed E-state index contributed by atoms with van der Waals surface area (Å²) in [7, 11) is 4.54. The average molecular weight is 379 g/mol. The van der Waals surface area contributed by atoms with Crippen LogP contribution < -0.4 is 9.47 Å². The summed E-state index contributed by atoms with van der Waals surface area (Å²) in [4.78, 5) is 26.2. The van der Waals surface area contributed by atoms with Gasteiger partial charge in [0.15, 0.2) is 0 Å². The number of esters is 1. The number of carbonyl (C=O) groups is 2. The molecule has 1 aromatic rings. The lowest BCUT2D eigenvalue weighted by Gasteiger charge is -2.38. The van der Waals surface area contributed by atoms with Crippen LogP contribution in [0.4, 0.5) is 4.79 Å². The number of nitrogens with zero attached hydrogens (tertiary/aromatic N) is 1. The van der Waals surface area contributed by atoms with Gasteiger partial charge in [-0.1, -0.05) is 0 Å². The third-order valence-corrected chi connectivity index (χ3v) is 4.47. The van der Waals surface area contributed by atoms with Crippen molar-refractivity contribution in [2.24, 2.45) is 0 Å². The smallest absolute Gasteiger partial charge is 0.410 e. The number of fused-ring (bicyclic) bond motifs is 1. The number of carbonyl (C=O) groups excluding carboxylic acids is 2. The molecule has 1 atom stereocenters. The highest BCUT2D eigenvalue weighted by atomic mass is 16.6. The second kappa shape index (κ2) is 8.50. The lowest BCUT2D eigenvalue weighted by atomic mass is 9.89. The van der Waals surface area contributed by atoms with E-state index in [0.717, 1.165) is 11.1 Å². The van der Waals surface area contributed by atoms with E-state index in [0.29, 0.717) is 30.9 Å². The van der Waals surface area contributed by atoms with Crippen molar-refractivity contribution >= 4 is 12.1 Å². The number of ether oxygens (including phenoxy) is 4.